The van der Waals surface area contributed by atoms with Crippen LogP contribution in [0.5, 0.6) is 5.75 Å². The van der Waals surface area contributed by atoms with Crippen LogP contribution in [0.25, 0.3) is 10.9 Å². The minimum atomic E-state index is -3.81. The van der Waals surface area contributed by atoms with E-state index in [4.69, 9.17) is 16.3 Å². The molecule has 0 atom stereocenters. The normalized spacial score (nSPS) is 11.8. The Bertz CT molecular complexity index is 1030. The SMILES string of the molecule is [CH2]COc1c(C)n(S(=O)(=O)c2ccccc2Br)c2ccc(Cl)cc12. The maximum atomic E-state index is 13.2. The molecule has 3 rings (SSSR count). The zero-order chi connectivity index (χ0) is 17.5. The van der Waals surface area contributed by atoms with Gasteiger partial charge in [-0.25, -0.2) is 12.4 Å². The third kappa shape index (κ3) is 2.72. The van der Waals surface area contributed by atoms with Crippen molar-refractivity contribution in [3.8, 4) is 5.75 Å². The van der Waals surface area contributed by atoms with Gasteiger partial charge in [0.05, 0.1) is 17.8 Å². The van der Waals surface area contributed by atoms with Crippen molar-refractivity contribution in [3.63, 3.8) is 0 Å². The fourth-order valence-corrected chi connectivity index (χ4v) is 5.38. The molecule has 1 radical (unpaired) electrons. The molecule has 4 nitrogen and oxygen atoms in total. The highest BCUT2D eigenvalue weighted by Crippen LogP contribution is 2.38. The van der Waals surface area contributed by atoms with Crippen LogP contribution in [-0.4, -0.2) is 19.0 Å². The van der Waals surface area contributed by atoms with Crippen molar-refractivity contribution in [2.45, 2.75) is 11.8 Å². The molecular formula is C17H14BrClNO3S. The average Bonchev–Trinajstić information content (AvgIpc) is 2.80. The number of halogens is 2. The molecule has 0 bridgehead atoms. The zero-order valence-corrected chi connectivity index (χ0v) is 16.0. The molecule has 7 heteroatoms. The molecule has 0 spiro atoms. The second kappa shape index (κ2) is 6.43. The maximum absolute atomic E-state index is 13.2. The molecule has 3 aromatic rings. The minimum absolute atomic E-state index is 0.182. The van der Waals surface area contributed by atoms with E-state index in [1.165, 1.54) is 3.97 Å². The largest absolute Gasteiger partial charge is 0.491 e. The first-order chi connectivity index (χ1) is 11.4. The first-order valence-corrected chi connectivity index (χ1v) is 9.71. The summed E-state index contributed by atoms with van der Waals surface area (Å²) >= 11 is 9.38. The Morgan fingerprint density at radius 2 is 1.96 bits per heavy atom. The molecule has 0 aliphatic rings. The summed E-state index contributed by atoms with van der Waals surface area (Å²) in [6.45, 7) is 5.56. The molecule has 1 heterocycles. The van der Waals surface area contributed by atoms with Crippen LogP contribution >= 0.6 is 27.5 Å². The van der Waals surface area contributed by atoms with E-state index in [0.29, 0.717) is 31.8 Å². The molecular weight excluding hydrogens is 414 g/mol. The Hall–Kier alpha value is -1.50. The van der Waals surface area contributed by atoms with Crippen LogP contribution in [0.2, 0.25) is 5.02 Å². The highest BCUT2D eigenvalue weighted by Gasteiger charge is 2.27. The third-order valence-corrected chi connectivity index (χ3v) is 6.71. The second-order valence-electron chi connectivity index (χ2n) is 5.12. The lowest BCUT2D eigenvalue weighted by molar-refractivity contribution is 0.362. The smallest absolute Gasteiger partial charge is 0.269 e. The van der Waals surface area contributed by atoms with Gasteiger partial charge in [0.1, 0.15) is 10.6 Å². The van der Waals surface area contributed by atoms with Crippen LogP contribution in [0.1, 0.15) is 5.69 Å². The van der Waals surface area contributed by atoms with Crippen molar-refractivity contribution in [1.82, 2.24) is 3.97 Å². The van der Waals surface area contributed by atoms with E-state index in [2.05, 4.69) is 22.9 Å². The van der Waals surface area contributed by atoms with Crippen LogP contribution in [0.3, 0.4) is 0 Å². The molecule has 0 fully saturated rings. The summed E-state index contributed by atoms with van der Waals surface area (Å²) in [6.07, 6.45) is 0. The van der Waals surface area contributed by atoms with Gasteiger partial charge in [-0.2, -0.15) is 0 Å². The molecule has 0 aliphatic carbocycles. The van der Waals surface area contributed by atoms with Crippen LogP contribution in [0.4, 0.5) is 0 Å². The van der Waals surface area contributed by atoms with E-state index in [1.807, 2.05) is 0 Å². The molecule has 24 heavy (non-hydrogen) atoms. The monoisotopic (exact) mass is 426 g/mol. The summed E-state index contributed by atoms with van der Waals surface area (Å²) < 4.78 is 33.8. The van der Waals surface area contributed by atoms with E-state index in [9.17, 15) is 8.42 Å². The fraction of sp³-hybridized carbons (Fsp3) is 0.118. The summed E-state index contributed by atoms with van der Waals surface area (Å²) in [5, 5.41) is 1.14. The number of hydrogen-bond acceptors (Lipinski definition) is 3. The quantitative estimate of drug-likeness (QED) is 0.600. The number of rotatable bonds is 4. The topological polar surface area (TPSA) is 48.3 Å². The van der Waals surface area contributed by atoms with Gasteiger partial charge in [-0.3, -0.25) is 0 Å². The number of ether oxygens (including phenoxy) is 1. The van der Waals surface area contributed by atoms with Gasteiger partial charge in [-0.15, -0.1) is 0 Å². The Labute approximate surface area is 154 Å². The minimum Gasteiger partial charge on any atom is -0.491 e. The van der Waals surface area contributed by atoms with E-state index < -0.39 is 10.0 Å². The number of aromatic nitrogens is 1. The van der Waals surface area contributed by atoms with Crippen molar-refractivity contribution in [1.29, 1.82) is 0 Å². The first-order valence-electron chi connectivity index (χ1n) is 7.10. The van der Waals surface area contributed by atoms with Gasteiger partial charge in [-0.1, -0.05) is 23.7 Å². The lowest BCUT2D eigenvalue weighted by Gasteiger charge is -2.11. The van der Waals surface area contributed by atoms with Crippen LogP contribution in [0, 0.1) is 13.8 Å². The predicted molar refractivity (Wildman–Crippen MR) is 99.3 cm³/mol. The Morgan fingerprint density at radius 3 is 2.62 bits per heavy atom. The summed E-state index contributed by atoms with van der Waals surface area (Å²) in [6, 6.07) is 11.7. The number of nitrogens with zero attached hydrogens (tertiary/aromatic N) is 1. The standard InChI is InChI=1S/C17H14BrClNO3S/c1-3-23-17-11(2)20(15-9-8-12(19)10-13(15)17)24(21,22)16-7-5-4-6-14(16)18/h4-10H,1,3H2,2H3. The van der Waals surface area contributed by atoms with Gasteiger partial charge in [0.15, 0.2) is 0 Å². The molecule has 1 aromatic heterocycles. The van der Waals surface area contributed by atoms with E-state index in [1.54, 1.807) is 49.4 Å². The van der Waals surface area contributed by atoms with E-state index in [-0.39, 0.29) is 11.5 Å². The van der Waals surface area contributed by atoms with Crippen molar-refractivity contribution in [2.24, 2.45) is 0 Å². The Balaban J connectivity index is 2.38. The van der Waals surface area contributed by atoms with Gasteiger partial charge in [0, 0.05) is 14.9 Å². The van der Waals surface area contributed by atoms with Crippen LogP contribution in [-0.2, 0) is 10.0 Å². The number of fused-ring (bicyclic) bond motifs is 1. The molecule has 0 saturated carbocycles. The summed E-state index contributed by atoms with van der Waals surface area (Å²) in [4.78, 5) is 0.182. The average molecular weight is 428 g/mol. The van der Waals surface area contributed by atoms with Crippen molar-refractivity contribution in [3.05, 3.63) is 64.6 Å². The lowest BCUT2D eigenvalue weighted by atomic mass is 10.2. The predicted octanol–water partition coefficient (Wildman–Crippen LogP) is 4.82. The lowest BCUT2D eigenvalue weighted by Crippen LogP contribution is -2.15. The summed E-state index contributed by atoms with van der Waals surface area (Å²) in [5.74, 6) is 0.470. The zero-order valence-electron chi connectivity index (χ0n) is 12.8. The number of benzene rings is 2. The summed E-state index contributed by atoms with van der Waals surface area (Å²) in [7, 11) is -3.81. The number of hydrogen-bond donors (Lipinski definition) is 0. The van der Waals surface area contributed by atoms with E-state index in [0.717, 1.165) is 0 Å². The first kappa shape index (κ1) is 17.3. The fourth-order valence-electron chi connectivity index (χ4n) is 2.68. The van der Waals surface area contributed by atoms with Crippen LogP contribution in [0.15, 0.2) is 51.8 Å². The Kier molecular flexibility index (Phi) is 4.64. The second-order valence-corrected chi connectivity index (χ2v) is 8.17. The van der Waals surface area contributed by atoms with Gasteiger partial charge in [0.2, 0.25) is 0 Å². The molecule has 0 aliphatic heterocycles. The molecule has 0 amide bonds. The van der Waals surface area contributed by atoms with Crippen molar-refractivity contribution >= 4 is 48.5 Å². The van der Waals surface area contributed by atoms with Gasteiger partial charge in [-0.05, 0) is 60.1 Å². The van der Waals surface area contributed by atoms with Crippen molar-refractivity contribution in [2.75, 3.05) is 6.61 Å². The van der Waals surface area contributed by atoms with Gasteiger partial charge in [0.25, 0.3) is 10.0 Å². The highest BCUT2D eigenvalue weighted by atomic mass is 79.9. The summed E-state index contributed by atoms with van der Waals surface area (Å²) in [5.41, 5.74) is 0.989. The van der Waals surface area contributed by atoms with E-state index >= 15 is 0 Å². The maximum Gasteiger partial charge on any atom is 0.269 e. The molecule has 0 unspecified atom stereocenters. The van der Waals surface area contributed by atoms with Crippen LogP contribution < -0.4 is 4.74 Å². The Morgan fingerprint density at radius 1 is 1.25 bits per heavy atom. The molecule has 2 aromatic carbocycles. The molecule has 0 saturated heterocycles. The molecule has 0 N–H and O–H groups in total. The highest BCUT2D eigenvalue weighted by molar-refractivity contribution is 9.10. The van der Waals surface area contributed by atoms with Gasteiger partial charge >= 0.3 is 0 Å². The third-order valence-electron chi connectivity index (χ3n) is 3.66. The van der Waals surface area contributed by atoms with Gasteiger partial charge < -0.3 is 4.74 Å². The van der Waals surface area contributed by atoms with Crippen molar-refractivity contribution < 1.29 is 13.2 Å². The molecule has 125 valence electrons.